The summed E-state index contributed by atoms with van der Waals surface area (Å²) in [4.78, 5) is 13.2. The van der Waals surface area contributed by atoms with E-state index in [1.807, 2.05) is 93.6 Å². The molecule has 4 nitrogen and oxygen atoms in total. The molecule has 32 heavy (non-hydrogen) atoms. The van der Waals surface area contributed by atoms with Crippen LogP contribution < -0.4 is 10.6 Å². The number of benzene rings is 3. The lowest BCUT2D eigenvalue weighted by molar-refractivity contribution is -0.125. The minimum atomic E-state index is -0.797. The largest absolute Gasteiger partial charge is 0.372 e. The van der Waals surface area contributed by atoms with E-state index in [1.54, 1.807) is 6.07 Å². The Morgan fingerprint density at radius 2 is 1.72 bits per heavy atom. The summed E-state index contributed by atoms with van der Waals surface area (Å²) in [7, 11) is 0. The van der Waals surface area contributed by atoms with Crippen molar-refractivity contribution >= 4 is 23.2 Å². The van der Waals surface area contributed by atoms with Gasteiger partial charge in [-0.2, -0.15) is 5.26 Å². The molecule has 0 radical (unpaired) electrons. The fourth-order valence-corrected chi connectivity index (χ4v) is 3.85. The van der Waals surface area contributed by atoms with Crippen LogP contribution in [0.4, 0.5) is 5.69 Å². The van der Waals surface area contributed by atoms with E-state index in [2.05, 4.69) is 16.7 Å². The minimum Gasteiger partial charge on any atom is -0.372 e. The van der Waals surface area contributed by atoms with Crippen LogP contribution in [0.15, 0.2) is 78.9 Å². The number of carbonyl (C=O) groups excluding carboxylic acids is 1. The summed E-state index contributed by atoms with van der Waals surface area (Å²) in [6.45, 7) is 5.75. The molecular formula is C27H28ClN3O. The van der Waals surface area contributed by atoms with Gasteiger partial charge in [-0.25, -0.2) is 0 Å². The summed E-state index contributed by atoms with van der Waals surface area (Å²) in [5.74, 6) is -0.104. The molecule has 0 bridgehead atoms. The van der Waals surface area contributed by atoms with Crippen molar-refractivity contribution in [2.24, 2.45) is 0 Å². The van der Waals surface area contributed by atoms with Gasteiger partial charge in [-0.3, -0.25) is 4.79 Å². The standard InChI is InChI=1S/C27H28ClN3O/c1-19(30-26(32)27(2,3)31-24-10-5-4-6-11-24)25(17-20-12-14-23(28)15-13-20)22-9-7-8-21(16-22)18-29/h4-16,19,25,31H,17H2,1-3H3,(H,30,32). The molecule has 0 saturated heterocycles. The number of nitrogens with zero attached hydrogens (tertiary/aromatic N) is 1. The second-order valence-corrected chi connectivity index (χ2v) is 8.99. The first kappa shape index (κ1) is 23.4. The Morgan fingerprint density at radius 1 is 1.03 bits per heavy atom. The van der Waals surface area contributed by atoms with E-state index in [0.29, 0.717) is 17.0 Å². The molecule has 0 spiro atoms. The molecule has 0 aliphatic rings. The molecule has 3 rings (SSSR count). The van der Waals surface area contributed by atoms with Crippen molar-refractivity contribution in [1.82, 2.24) is 5.32 Å². The van der Waals surface area contributed by atoms with Gasteiger partial charge in [-0.1, -0.05) is 54.1 Å². The molecule has 2 N–H and O–H groups in total. The minimum absolute atomic E-state index is 0.0130. The maximum Gasteiger partial charge on any atom is 0.245 e. The maximum atomic E-state index is 13.2. The van der Waals surface area contributed by atoms with Crippen molar-refractivity contribution in [1.29, 1.82) is 5.26 Å². The van der Waals surface area contributed by atoms with E-state index in [4.69, 9.17) is 11.6 Å². The van der Waals surface area contributed by atoms with Gasteiger partial charge in [0.15, 0.2) is 0 Å². The van der Waals surface area contributed by atoms with Crippen LogP contribution in [0.25, 0.3) is 0 Å². The molecule has 164 valence electrons. The van der Waals surface area contributed by atoms with Gasteiger partial charge in [0, 0.05) is 22.7 Å². The van der Waals surface area contributed by atoms with Gasteiger partial charge in [0.2, 0.25) is 5.91 Å². The zero-order valence-corrected chi connectivity index (χ0v) is 19.4. The van der Waals surface area contributed by atoms with Gasteiger partial charge in [0.25, 0.3) is 0 Å². The van der Waals surface area contributed by atoms with Gasteiger partial charge in [0.1, 0.15) is 5.54 Å². The molecule has 0 fully saturated rings. The Hall–Kier alpha value is -3.29. The maximum absolute atomic E-state index is 13.2. The third-order valence-corrected chi connectivity index (χ3v) is 5.83. The third kappa shape index (κ3) is 6.12. The molecule has 2 unspecified atom stereocenters. The topological polar surface area (TPSA) is 64.9 Å². The lowest BCUT2D eigenvalue weighted by Crippen LogP contribution is -2.51. The van der Waals surface area contributed by atoms with Gasteiger partial charge in [-0.05, 0) is 74.7 Å². The fourth-order valence-electron chi connectivity index (χ4n) is 3.72. The van der Waals surface area contributed by atoms with Crippen molar-refractivity contribution in [3.05, 3.63) is 101 Å². The molecule has 3 aromatic rings. The lowest BCUT2D eigenvalue weighted by Gasteiger charge is -2.31. The summed E-state index contributed by atoms with van der Waals surface area (Å²) >= 11 is 6.05. The van der Waals surface area contributed by atoms with Crippen molar-refractivity contribution in [3.8, 4) is 6.07 Å². The van der Waals surface area contributed by atoms with E-state index in [1.165, 1.54) is 0 Å². The number of para-hydroxylation sites is 1. The summed E-state index contributed by atoms with van der Waals surface area (Å²) < 4.78 is 0. The first-order valence-electron chi connectivity index (χ1n) is 10.7. The van der Waals surface area contributed by atoms with Gasteiger partial charge >= 0.3 is 0 Å². The number of nitriles is 1. The second-order valence-electron chi connectivity index (χ2n) is 8.55. The Bertz CT molecular complexity index is 1090. The molecule has 0 heterocycles. The van der Waals surface area contributed by atoms with Gasteiger partial charge in [-0.15, -0.1) is 0 Å². The highest BCUT2D eigenvalue weighted by Gasteiger charge is 2.31. The van der Waals surface area contributed by atoms with Crippen molar-refractivity contribution in [2.45, 2.75) is 44.7 Å². The Kier molecular flexibility index (Phi) is 7.56. The highest BCUT2D eigenvalue weighted by Crippen LogP contribution is 2.27. The quantitative estimate of drug-likeness (QED) is 0.451. The highest BCUT2D eigenvalue weighted by atomic mass is 35.5. The number of halogens is 1. The number of carbonyl (C=O) groups is 1. The molecular weight excluding hydrogens is 418 g/mol. The fraction of sp³-hybridized carbons (Fsp3) is 0.259. The molecule has 1 amide bonds. The predicted molar refractivity (Wildman–Crippen MR) is 131 cm³/mol. The molecule has 0 aromatic heterocycles. The number of rotatable bonds is 8. The predicted octanol–water partition coefficient (Wildman–Crippen LogP) is 5.93. The molecule has 0 aliphatic heterocycles. The van der Waals surface area contributed by atoms with Gasteiger partial charge < -0.3 is 10.6 Å². The van der Waals surface area contributed by atoms with Crippen LogP contribution in [0.1, 0.15) is 43.4 Å². The van der Waals surface area contributed by atoms with Crippen LogP contribution in [0, 0.1) is 11.3 Å². The second kappa shape index (κ2) is 10.3. The zero-order valence-electron chi connectivity index (χ0n) is 18.6. The number of hydrogen-bond acceptors (Lipinski definition) is 3. The van der Waals surface area contributed by atoms with E-state index >= 15 is 0 Å². The monoisotopic (exact) mass is 445 g/mol. The summed E-state index contributed by atoms with van der Waals surface area (Å²) in [6.07, 6.45) is 0.708. The number of amides is 1. The summed E-state index contributed by atoms with van der Waals surface area (Å²) in [5.41, 5.74) is 2.83. The average Bonchev–Trinajstić information content (AvgIpc) is 2.79. The number of nitrogens with one attached hydrogen (secondary N) is 2. The van der Waals surface area contributed by atoms with Crippen LogP contribution in [0.3, 0.4) is 0 Å². The van der Waals surface area contributed by atoms with Crippen molar-refractivity contribution < 1.29 is 4.79 Å². The highest BCUT2D eigenvalue weighted by molar-refractivity contribution is 6.30. The van der Waals surface area contributed by atoms with E-state index < -0.39 is 5.54 Å². The number of hydrogen-bond donors (Lipinski definition) is 2. The molecule has 5 heteroatoms. The molecule has 3 aromatic carbocycles. The van der Waals surface area contributed by atoms with Crippen molar-refractivity contribution in [2.75, 3.05) is 5.32 Å². The zero-order chi connectivity index (χ0) is 23.1. The summed E-state index contributed by atoms with van der Waals surface area (Å²) in [6, 6.07) is 27.1. The van der Waals surface area contributed by atoms with Gasteiger partial charge in [0.05, 0.1) is 11.6 Å². The lowest BCUT2D eigenvalue weighted by atomic mass is 9.85. The van der Waals surface area contributed by atoms with Crippen LogP contribution >= 0.6 is 11.6 Å². The van der Waals surface area contributed by atoms with Crippen molar-refractivity contribution in [3.63, 3.8) is 0 Å². The van der Waals surface area contributed by atoms with E-state index in [-0.39, 0.29) is 17.9 Å². The smallest absolute Gasteiger partial charge is 0.245 e. The third-order valence-electron chi connectivity index (χ3n) is 5.57. The molecule has 2 atom stereocenters. The van der Waals surface area contributed by atoms with Crippen LogP contribution in [0.2, 0.25) is 5.02 Å². The first-order chi connectivity index (χ1) is 15.3. The first-order valence-corrected chi connectivity index (χ1v) is 11.0. The van der Waals surface area contributed by atoms with E-state index in [9.17, 15) is 10.1 Å². The number of anilines is 1. The Labute approximate surface area is 195 Å². The Balaban J connectivity index is 1.82. The SMILES string of the molecule is CC(NC(=O)C(C)(C)Nc1ccccc1)C(Cc1ccc(Cl)cc1)c1cccc(C#N)c1. The molecule has 0 saturated carbocycles. The Morgan fingerprint density at radius 3 is 2.38 bits per heavy atom. The average molecular weight is 446 g/mol. The van der Waals surface area contributed by atoms with Crippen LogP contribution in [0.5, 0.6) is 0 Å². The summed E-state index contributed by atoms with van der Waals surface area (Å²) in [5, 5.41) is 16.5. The van der Waals surface area contributed by atoms with Crippen LogP contribution in [-0.4, -0.2) is 17.5 Å². The molecule has 0 aliphatic carbocycles. The van der Waals surface area contributed by atoms with E-state index in [0.717, 1.165) is 16.8 Å². The normalized spacial score (nSPS) is 13.0. The van der Waals surface area contributed by atoms with Crippen LogP contribution in [-0.2, 0) is 11.2 Å².